The second-order valence-electron chi connectivity index (χ2n) is 8.54. The molecule has 7 nitrogen and oxygen atoms in total. The van der Waals surface area contributed by atoms with Gasteiger partial charge in [-0.1, -0.05) is 6.07 Å². The highest BCUT2D eigenvalue weighted by molar-refractivity contribution is 5.79. The maximum Gasteiger partial charge on any atom is 0.225 e. The molecule has 7 heteroatoms. The van der Waals surface area contributed by atoms with E-state index in [0.717, 1.165) is 60.8 Å². The van der Waals surface area contributed by atoms with Crippen LogP contribution in [0, 0.1) is 0 Å². The van der Waals surface area contributed by atoms with Crippen molar-refractivity contribution in [3.8, 4) is 5.75 Å². The van der Waals surface area contributed by atoms with Crippen LogP contribution in [0.3, 0.4) is 0 Å². The summed E-state index contributed by atoms with van der Waals surface area (Å²) in [4.78, 5) is 18.0. The van der Waals surface area contributed by atoms with Crippen molar-refractivity contribution in [2.45, 2.75) is 44.4 Å². The predicted molar refractivity (Wildman–Crippen MR) is 120 cm³/mol. The number of ether oxygens (including phenoxy) is 1. The van der Waals surface area contributed by atoms with Gasteiger partial charge in [0.05, 0.1) is 5.52 Å². The molecule has 0 aliphatic carbocycles. The van der Waals surface area contributed by atoms with Crippen molar-refractivity contribution < 1.29 is 9.84 Å². The minimum absolute atomic E-state index is 0.205. The molecule has 2 aromatic heterocycles. The number of likely N-dealkylation sites (tertiary alicyclic amines) is 1. The summed E-state index contributed by atoms with van der Waals surface area (Å²) in [5.74, 6) is 1.61. The van der Waals surface area contributed by atoms with Crippen molar-refractivity contribution in [3.63, 3.8) is 0 Å². The summed E-state index contributed by atoms with van der Waals surface area (Å²) in [6.45, 7) is 4.28. The van der Waals surface area contributed by atoms with E-state index < -0.39 is 6.10 Å². The number of piperidine rings is 2. The molecule has 162 valence electrons. The zero-order chi connectivity index (χ0) is 21.0. The van der Waals surface area contributed by atoms with Crippen LogP contribution in [0.2, 0.25) is 0 Å². The SMILES string of the molecule is O[C@@H]1CN(Cc2cnc(N3CCCCC3)nc2)CC[C@H]1Oc1ccc2ncccc2c1. The van der Waals surface area contributed by atoms with Crippen molar-refractivity contribution in [3.05, 3.63) is 54.5 Å². The molecule has 1 aromatic carbocycles. The van der Waals surface area contributed by atoms with Gasteiger partial charge in [0.1, 0.15) is 18.0 Å². The average Bonchev–Trinajstić information content (AvgIpc) is 2.82. The van der Waals surface area contributed by atoms with Crippen LogP contribution in [0.1, 0.15) is 31.2 Å². The van der Waals surface area contributed by atoms with Gasteiger partial charge >= 0.3 is 0 Å². The second-order valence-corrected chi connectivity index (χ2v) is 8.54. The number of benzene rings is 1. The number of aliphatic hydroxyl groups excluding tert-OH is 1. The van der Waals surface area contributed by atoms with Crippen LogP contribution in [0.25, 0.3) is 10.9 Å². The van der Waals surface area contributed by atoms with Gasteiger partial charge in [-0.15, -0.1) is 0 Å². The number of hydrogen-bond acceptors (Lipinski definition) is 7. The van der Waals surface area contributed by atoms with Crippen molar-refractivity contribution in [1.29, 1.82) is 0 Å². The number of fused-ring (bicyclic) bond motifs is 1. The molecule has 2 aliphatic rings. The van der Waals surface area contributed by atoms with Gasteiger partial charge in [-0.25, -0.2) is 9.97 Å². The van der Waals surface area contributed by atoms with Crippen LogP contribution in [-0.4, -0.2) is 63.3 Å². The molecule has 4 heterocycles. The largest absolute Gasteiger partial charge is 0.488 e. The molecule has 1 N–H and O–H groups in total. The van der Waals surface area contributed by atoms with E-state index in [-0.39, 0.29) is 6.10 Å². The van der Waals surface area contributed by atoms with Gasteiger partial charge in [0.25, 0.3) is 0 Å². The molecule has 2 aliphatic heterocycles. The monoisotopic (exact) mass is 419 g/mol. The van der Waals surface area contributed by atoms with Gasteiger partial charge in [-0.05, 0) is 49.9 Å². The normalized spacial score (nSPS) is 22.5. The number of pyridine rings is 1. The molecule has 2 atom stereocenters. The van der Waals surface area contributed by atoms with Crippen LogP contribution in [-0.2, 0) is 6.54 Å². The zero-order valence-corrected chi connectivity index (χ0v) is 17.7. The van der Waals surface area contributed by atoms with E-state index in [4.69, 9.17) is 4.74 Å². The molecular weight excluding hydrogens is 390 g/mol. The molecule has 0 bridgehead atoms. The lowest BCUT2D eigenvalue weighted by atomic mass is 10.0. The van der Waals surface area contributed by atoms with E-state index in [1.54, 1.807) is 6.20 Å². The van der Waals surface area contributed by atoms with Gasteiger partial charge in [0.2, 0.25) is 5.95 Å². The summed E-state index contributed by atoms with van der Waals surface area (Å²) < 4.78 is 6.12. The maximum absolute atomic E-state index is 10.7. The first-order chi connectivity index (χ1) is 15.2. The number of nitrogens with zero attached hydrogens (tertiary/aromatic N) is 5. The van der Waals surface area contributed by atoms with E-state index in [0.29, 0.717) is 6.54 Å². The van der Waals surface area contributed by atoms with Crippen molar-refractivity contribution in [1.82, 2.24) is 19.9 Å². The Hall–Kier alpha value is -2.77. The van der Waals surface area contributed by atoms with E-state index in [1.165, 1.54) is 19.3 Å². The van der Waals surface area contributed by atoms with E-state index in [9.17, 15) is 5.11 Å². The first kappa shape index (κ1) is 20.2. The summed E-state index contributed by atoms with van der Waals surface area (Å²) in [6.07, 6.45) is 9.41. The summed E-state index contributed by atoms with van der Waals surface area (Å²) >= 11 is 0. The number of rotatable bonds is 5. The third-order valence-electron chi connectivity index (χ3n) is 6.20. The lowest BCUT2D eigenvalue weighted by Gasteiger charge is -2.36. The second kappa shape index (κ2) is 9.16. The summed E-state index contributed by atoms with van der Waals surface area (Å²) in [6, 6.07) is 9.81. The fraction of sp³-hybridized carbons (Fsp3) is 0.458. The summed E-state index contributed by atoms with van der Waals surface area (Å²) in [7, 11) is 0. The first-order valence-electron chi connectivity index (χ1n) is 11.2. The van der Waals surface area contributed by atoms with Gasteiger partial charge in [-0.2, -0.15) is 0 Å². The van der Waals surface area contributed by atoms with Crippen LogP contribution < -0.4 is 9.64 Å². The van der Waals surface area contributed by atoms with Crippen molar-refractivity contribution in [2.75, 3.05) is 31.1 Å². The topological polar surface area (TPSA) is 74.6 Å². The molecule has 0 radical (unpaired) electrons. The molecule has 0 spiro atoms. The predicted octanol–water partition coefficient (Wildman–Crippen LogP) is 3.03. The Bertz CT molecular complexity index is 1010. The van der Waals surface area contributed by atoms with E-state index >= 15 is 0 Å². The van der Waals surface area contributed by atoms with Crippen molar-refractivity contribution >= 4 is 16.9 Å². The molecule has 0 unspecified atom stereocenters. The molecule has 31 heavy (non-hydrogen) atoms. The third kappa shape index (κ3) is 4.78. The molecule has 2 saturated heterocycles. The Labute approximate surface area is 182 Å². The fourth-order valence-electron chi connectivity index (χ4n) is 4.50. The zero-order valence-electron chi connectivity index (χ0n) is 17.7. The minimum Gasteiger partial charge on any atom is -0.488 e. The average molecular weight is 420 g/mol. The Balaban J connectivity index is 1.16. The highest BCUT2D eigenvalue weighted by atomic mass is 16.5. The Morgan fingerprint density at radius 2 is 1.84 bits per heavy atom. The Kier molecular flexibility index (Phi) is 5.95. The summed E-state index contributed by atoms with van der Waals surface area (Å²) in [5.41, 5.74) is 2.02. The smallest absolute Gasteiger partial charge is 0.225 e. The molecule has 2 fully saturated rings. The quantitative estimate of drug-likeness (QED) is 0.681. The Morgan fingerprint density at radius 1 is 1.00 bits per heavy atom. The molecule has 5 rings (SSSR count). The number of aliphatic hydroxyl groups is 1. The van der Waals surface area contributed by atoms with Gasteiger partial charge in [0.15, 0.2) is 0 Å². The number of hydrogen-bond donors (Lipinski definition) is 1. The highest BCUT2D eigenvalue weighted by Crippen LogP contribution is 2.24. The number of β-amino-alcohol motifs (C(OH)–C–C–N with tert-alkyl or cyclic N) is 1. The molecule has 0 amide bonds. The standard InChI is InChI=1S/C24H29N5O2/c30-22-17-28(16-18-14-26-24(27-15-18)29-10-2-1-3-11-29)12-8-23(22)31-20-6-7-21-19(13-20)5-4-9-25-21/h4-7,9,13-15,22-23,30H,1-3,8,10-12,16-17H2/t22-,23-/m1/s1. The lowest BCUT2D eigenvalue weighted by Crippen LogP contribution is -2.48. The summed E-state index contributed by atoms with van der Waals surface area (Å²) in [5, 5.41) is 11.7. The van der Waals surface area contributed by atoms with Gasteiger partial charge < -0.3 is 14.7 Å². The molecule has 3 aromatic rings. The van der Waals surface area contributed by atoms with Crippen LogP contribution >= 0.6 is 0 Å². The van der Waals surface area contributed by atoms with Crippen LogP contribution in [0.5, 0.6) is 5.75 Å². The number of aromatic nitrogens is 3. The number of anilines is 1. The fourth-order valence-corrected chi connectivity index (χ4v) is 4.50. The first-order valence-corrected chi connectivity index (χ1v) is 11.2. The molecular formula is C24H29N5O2. The van der Waals surface area contributed by atoms with Crippen LogP contribution in [0.4, 0.5) is 5.95 Å². The molecule has 0 saturated carbocycles. The minimum atomic E-state index is -0.535. The van der Waals surface area contributed by atoms with Gasteiger partial charge in [0, 0.05) is 62.3 Å². The maximum atomic E-state index is 10.7. The lowest BCUT2D eigenvalue weighted by molar-refractivity contribution is -0.0274. The Morgan fingerprint density at radius 3 is 2.65 bits per heavy atom. The van der Waals surface area contributed by atoms with Crippen molar-refractivity contribution in [2.24, 2.45) is 0 Å². The highest BCUT2D eigenvalue weighted by Gasteiger charge is 2.29. The third-order valence-corrected chi connectivity index (χ3v) is 6.20. The van der Waals surface area contributed by atoms with E-state index in [2.05, 4.69) is 24.8 Å². The van der Waals surface area contributed by atoms with E-state index in [1.807, 2.05) is 42.7 Å². The van der Waals surface area contributed by atoms with Crippen LogP contribution in [0.15, 0.2) is 48.9 Å². The van der Waals surface area contributed by atoms with Gasteiger partial charge in [-0.3, -0.25) is 9.88 Å².